The second kappa shape index (κ2) is 7.05. The first-order chi connectivity index (χ1) is 9.75. The maximum atomic E-state index is 14.3. The lowest BCUT2D eigenvalue weighted by Gasteiger charge is -2.31. The zero-order valence-corrected chi connectivity index (χ0v) is 14.1. The van der Waals surface area contributed by atoms with Crippen LogP contribution in [0, 0.1) is 5.82 Å². The predicted molar refractivity (Wildman–Crippen MR) is 83.2 cm³/mol. The predicted octanol–water partition coefficient (Wildman–Crippen LogP) is 3.18. The lowest BCUT2D eigenvalue weighted by Crippen LogP contribution is -2.47. The fraction of sp³-hybridized carbons (Fsp3) is 0.571. The minimum Gasteiger partial charge on any atom is -0.326 e. The summed E-state index contributed by atoms with van der Waals surface area (Å²) >= 11 is 5.87. The molecule has 0 unspecified atom stereocenters. The first-order valence-corrected chi connectivity index (χ1v) is 8.83. The van der Waals surface area contributed by atoms with Crippen molar-refractivity contribution in [2.45, 2.75) is 57.0 Å². The van der Waals surface area contributed by atoms with Gasteiger partial charge in [-0.15, -0.1) is 0 Å². The third-order valence-electron chi connectivity index (χ3n) is 3.97. The van der Waals surface area contributed by atoms with E-state index in [2.05, 4.69) is 4.72 Å². The summed E-state index contributed by atoms with van der Waals surface area (Å²) in [5, 5.41) is 0.146. The van der Waals surface area contributed by atoms with Gasteiger partial charge in [0.15, 0.2) is 0 Å². The fourth-order valence-corrected chi connectivity index (χ4v) is 4.34. The second-order valence-corrected chi connectivity index (χ2v) is 7.11. The molecule has 0 heterocycles. The van der Waals surface area contributed by atoms with Gasteiger partial charge in [0, 0.05) is 22.7 Å². The van der Waals surface area contributed by atoms with Gasteiger partial charge in [-0.05, 0) is 31.4 Å². The summed E-state index contributed by atoms with van der Waals surface area (Å²) in [6, 6.07) is 2.45. The lowest BCUT2D eigenvalue weighted by molar-refractivity contribution is 0.341. The van der Waals surface area contributed by atoms with E-state index in [1.807, 2.05) is 20.8 Å². The second-order valence-electron chi connectivity index (χ2n) is 5.03. The molecule has 1 rings (SSSR count). The van der Waals surface area contributed by atoms with Crippen molar-refractivity contribution in [1.82, 2.24) is 4.72 Å². The monoisotopic (exact) mass is 336 g/mol. The van der Waals surface area contributed by atoms with Gasteiger partial charge in [0.25, 0.3) is 0 Å². The van der Waals surface area contributed by atoms with Crippen LogP contribution in [-0.2, 0) is 16.6 Å². The summed E-state index contributed by atoms with van der Waals surface area (Å²) < 4.78 is 41.9. The Balaban J connectivity index is 3.35. The number of hydrogen-bond acceptors (Lipinski definition) is 3. The van der Waals surface area contributed by atoms with E-state index in [4.69, 9.17) is 17.3 Å². The van der Waals surface area contributed by atoms with Crippen LogP contribution in [0.3, 0.4) is 0 Å². The van der Waals surface area contributed by atoms with Gasteiger partial charge in [0.2, 0.25) is 10.0 Å². The first kappa shape index (κ1) is 18.4. The van der Waals surface area contributed by atoms with E-state index in [1.54, 1.807) is 0 Å². The number of nitrogens with one attached hydrogen (secondary N) is 1. The Morgan fingerprint density at radius 2 is 1.76 bits per heavy atom. The number of halogens is 2. The molecule has 0 saturated carbocycles. The normalized spacial score (nSPS) is 12.7. The minimum atomic E-state index is -4.00. The molecular weight excluding hydrogens is 315 g/mol. The standard InChI is InChI=1S/C14H22ClFN2O2S/c1-4-14(5-2,6-3)18-21(19,20)12-8-11(15)7-10(9-17)13(12)16/h7-8,18H,4-6,9,17H2,1-3H3. The van der Waals surface area contributed by atoms with Crippen molar-refractivity contribution >= 4 is 21.6 Å². The average Bonchev–Trinajstić information content (AvgIpc) is 2.46. The summed E-state index contributed by atoms with van der Waals surface area (Å²) in [7, 11) is -4.00. The highest BCUT2D eigenvalue weighted by atomic mass is 35.5. The number of rotatable bonds is 7. The Bertz CT molecular complexity index is 593. The van der Waals surface area contributed by atoms with E-state index in [-0.39, 0.29) is 17.1 Å². The highest BCUT2D eigenvalue weighted by molar-refractivity contribution is 7.89. The Labute approximate surface area is 130 Å². The van der Waals surface area contributed by atoms with E-state index in [0.29, 0.717) is 19.3 Å². The van der Waals surface area contributed by atoms with Gasteiger partial charge in [0.05, 0.1) is 0 Å². The van der Waals surface area contributed by atoms with E-state index >= 15 is 0 Å². The third-order valence-corrected chi connectivity index (χ3v) is 5.77. The van der Waals surface area contributed by atoms with Crippen LogP contribution in [0.4, 0.5) is 4.39 Å². The molecule has 0 fully saturated rings. The topological polar surface area (TPSA) is 72.2 Å². The van der Waals surface area contributed by atoms with E-state index in [0.717, 1.165) is 6.07 Å². The molecule has 0 aromatic heterocycles. The van der Waals surface area contributed by atoms with Crippen LogP contribution in [0.25, 0.3) is 0 Å². The molecule has 21 heavy (non-hydrogen) atoms. The summed E-state index contributed by atoms with van der Waals surface area (Å²) in [5.41, 5.74) is 4.92. The maximum absolute atomic E-state index is 14.3. The fourth-order valence-electron chi connectivity index (χ4n) is 2.27. The van der Waals surface area contributed by atoms with Crippen molar-refractivity contribution in [3.63, 3.8) is 0 Å². The molecule has 0 radical (unpaired) electrons. The quantitative estimate of drug-likeness (QED) is 0.803. The summed E-state index contributed by atoms with van der Waals surface area (Å²) in [6.07, 6.45) is 1.85. The van der Waals surface area contributed by atoms with Crippen LogP contribution in [0.2, 0.25) is 5.02 Å². The van der Waals surface area contributed by atoms with Crippen molar-refractivity contribution in [1.29, 1.82) is 0 Å². The number of sulfonamides is 1. The van der Waals surface area contributed by atoms with Gasteiger partial charge < -0.3 is 5.73 Å². The molecule has 0 aliphatic rings. The summed E-state index contributed by atoms with van der Waals surface area (Å²) in [4.78, 5) is -0.449. The molecule has 3 N–H and O–H groups in total. The molecule has 120 valence electrons. The largest absolute Gasteiger partial charge is 0.326 e. The minimum absolute atomic E-state index is 0.0815. The van der Waals surface area contributed by atoms with Crippen molar-refractivity contribution < 1.29 is 12.8 Å². The maximum Gasteiger partial charge on any atom is 0.244 e. The highest BCUT2D eigenvalue weighted by Gasteiger charge is 2.32. The average molecular weight is 337 g/mol. The molecule has 0 bridgehead atoms. The SMILES string of the molecule is CCC(CC)(CC)NS(=O)(=O)c1cc(Cl)cc(CN)c1F. The molecule has 1 aromatic carbocycles. The third kappa shape index (κ3) is 3.94. The van der Waals surface area contributed by atoms with Crippen LogP contribution >= 0.6 is 11.6 Å². The van der Waals surface area contributed by atoms with Crippen LogP contribution < -0.4 is 10.5 Å². The Kier molecular flexibility index (Phi) is 6.16. The molecule has 0 amide bonds. The van der Waals surface area contributed by atoms with Crippen molar-refractivity contribution in [2.75, 3.05) is 0 Å². The molecule has 1 aromatic rings. The van der Waals surface area contributed by atoms with Crippen molar-refractivity contribution in [2.24, 2.45) is 5.73 Å². The van der Waals surface area contributed by atoms with Gasteiger partial charge >= 0.3 is 0 Å². The van der Waals surface area contributed by atoms with Crippen LogP contribution in [0.1, 0.15) is 45.6 Å². The van der Waals surface area contributed by atoms with Gasteiger partial charge in [-0.25, -0.2) is 17.5 Å². The Morgan fingerprint density at radius 3 is 2.19 bits per heavy atom. The number of hydrogen-bond donors (Lipinski definition) is 2. The van der Waals surface area contributed by atoms with Crippen LogP contribution in [0.5, 0.6) is 0 Å². The molecule has 7 heteroatoms. The van der Waals surface area contributed by atoms with Gasteiger partial charge in [0.1, 0.15) is 10.7 Å². The van der Waals surface area contributed by atoms with Crippen molar-refractivity contribution in [3.8, 4) is 0 Å². The van der Waals surface area contributed by atoms with E-state index in [9.17, 15) is 12.8 Å². The summed E-state index contributed by atoms with van der Waals surface area (Å²) in [6.45, 7) is 5.58. The molecule has 0 aliphatic heterocycles. The first-order valence-electron chi connectivity index (χ1n) is 6.97. The smallest absolute Gasteiger partial charge is 0.244 e. The number of nitrogens with two attached hydrogens (primary N) is 1. The van der Waals surface area contributed by atoms with Crippen LogP contribution in [0.15, 0.2) is 17.0 Å². The lowest BCUT2D eigenvalue weighted by atomic mass is 9.91. The highest BCUT2D eigenvalue weighted by Crippen LogP contribution is 2.27. The zero-order chi connectivity index (χ0) is 16.3. The summed E-state index contributed by atoms with van der Waals surface area (Å²) in [5.74, 6) is -0.841. The molecular formula is C14H22ClFN2O2S. The van der Waals surface area contributed by atoms with Crippen LogP contribution in [-0.4, -0.2) is 14.0 Å². The Hall–Kier alpha value is -0.690. The molecule has 0 atom stereocenters. The molecule has 0 saturated heterocycles. The van der Waals surface area contributed by atoms with Gasteiger partial charge in [-0.3, -0.25) is 0 Å². The van der Waals surface area contributed by atoms with Gasteiger partial charge in [-0.1, -0.05) is 32.4 Å². The molecule has 0 spiro atoms. The Morgan fingerprint density at radius 1 is 1.24 bits per heavy atom. The molecule has 0 aliphatic carbocycles. The van der Waals surface area contributed by atoms with E-state index < -0.39 is 26.3 Å². The van der Waals surface area contributed by atoms with Crippen molar-refractivity contribution in [3.05, 3.63) is 28.5 Å². The van der Waals surface area contributed by atoms with E-state index in [1.165, 1.54) is 6.07 Å². The zero-order valence-electron chi connectivity index (χ0n) is 12.5. The van der Waals surface area contributed by atoms with Gasteiger partial charge in [-0.2, -0.15) is 0 Å². The number of benzene rings is 1. The molecule has 4 nitrogen and oxygen atoms in total.